The van der Waals surface area contributed by atoms with Crippen molar-refractivity contribution in [3.05, 3.63) is 29.8 Å². The van der Waals surface area contributed by atoms with Crippen LogP contribution in [0.15, 0.2) is 24.3 Å². The number of hydrogen-bond donors (Lipinski definition) is 1. The molecule has 3 heteroatoms. The molecule has 3 nitrogen and oxygen atoms in total. The van der Waals surface area contributed by atoms with Gasteiger partial charge in [0.25, 0.3) is 0 Å². The zero-order chi connectivity index (χ0) is 12.2. The lowest BCUT2D eigenvalue weighted by Gasteiger charge is -2.19. The minimum atomic E-state index is -0.149. The third-order valence-electron chi connectivity index (χ3n) is 2.11. The predicted octanol–water partition coefficient (Wildman–Crippen LogP) is 2.57. The fraction of sp³-hybridized carbons (Fsp3) is 0.538. The average Bonchev–Trinajstić information content (AvgIpc) is 2.16. The van der Waals surface area contributed by atoms with Crippen molar-refractivity contribution in [2.75, 3.05) is 19.0 Å². The van der Waals surface area contributed by atoms with Crippen LogP contribution in [0, 0.1) is 0 Å². The van der Waals surface area contributed by atoms with Gasteiger partial charge in [-0.15, -0.1) is 0 Å². The molecule has 0 aliphatic carbocycles. The lowest BCUT2D eigenvalue weighted by atomic mass is 10.2. The molecule has 1 aromatic carbocycles. The van der Waals surface area contributed by atoms with E-state index in [1.807, 2.05) is 34.9 Å². The molecular weight excluding hydrogens is 200 g/mol. The highest BCUT2D eigenvalue weighted by Crippen LogP contribution is 2.12. The SMILES string of the molecule is CN(C)c1ccc(CNOC(C)(C)C)cc1. The van der Waals surface area contributed by atoms with Crippen molar-refractivity contribution < 1.29 is 4.84 Å². The van der Waals surface area contributed by atoms with Gasteiger partial charge in [0.05, 0.1) is 5.60 Å². The average molecular weight is 222 g/mol. The van der Waals surface area contributed by atoms with Gasteiger partial charge >= 0.3 is 0 Å². The molecule has 0 bridgehead atoms. The van der Waals surface area contributed by atoms with E-state index in [0.717, 1.165) is 6.54 Å². The monoisotopic (exact) mass is 222 g/mol. The summed E-state index contributed by atoms with van der Waals surface area (Å²) >= 11 is 0. The third-order valence-corrected chi connectivity index (χ3v) is 2.11. The van der Waals surface area contributed by atoms with Gasteiger partial charge in [0.2, 0.25) is 0 Å². The Kier molecular flexibility index (Phi) is 4.33. The summed E-state index contributed by atoms with van der Waals surface area (Å²) in [6.07, 6.45) is 0. The Balaban J connectivity index is 2.44. The first-order chi connectivity index (χ1) is 7.38. The van der Waals surface area contributed by atoms with Gasteiger partial charge in [0, 0.05) is 26.3 Å². The maximum atomic E-state index is 5.45. The Morgan fingerprint density at radius 1 is 1.12 bits per heavy atom. The number of hydrogen-bond acceptors (Lipinski definition) is 3. The second-order valence-corrected chi connectivity index (χ2v) is 5.10. The van der Waals surface area contributed by atoms with E-state index in [0.29, 0.717) is 0 Å². The molecule has 0 aliphatic heterocycles. The summed E-state index contributed by atoms with van der Waals surface area (Å²) in [7, 11) is 4.08. The first kappa shape index (κ1) is 13.0. The van der Waals surface area contributed by atoms with E-state index in [9.17, 15) is 0 Å². The molecule has 0 aliphatic rings. The molecule has 0 saturated heterocycles. The highest BCUT2D eigenvalue weighted by Gasteiger charge is 2.09. The molecule has 0 saturated carbocycles. The Bertz CT molecular complexity index is 312. The molecule has 0 radical (unpaired) electrons. The van der Waals surface area contributed by atoms with E-state index in [1.54, 1.807) is 0 Å². The zero-order valence-electron chi connectivity index (χ0n) is 10.9. The van der Waals surface area contributed by atoms with E-state index in [1.165, 1.54) is 11.3 Å². The Morgan fingerprint density at radius 3 is 2.12 bits per heavy atom. The lowest BCUT2D eigenvalue weighted by molar-refractivity contribution is -0.0757. The second-order valence-electron chi connectivity index (χ2n) is 5.10. The number of hydroxylamine groups is 1. The van der Waals surface area contributed by atoms with E-state index < -0.39 is 0 Å². The number of benzene rings is 1. The molecule has 1 N–H and O–H groups in total. The van der Waals surface area contributed by atoms with Crippen molar-refractivity contribution in [2.45, 2.75) is 32.9 Å². The lowest BCUT2D eigenvalue weighted by Crippen LogP contribution is -2.28. The van der Waals surface area contributed by atoms with Gasteiger partial charge in [-0.3, -0.25) is 4.84 Å². The van der Waals surface area contributed by atoms with E-state index in [2.05, 4.69) is 34.6 Å². The van der Waals surface area contributed by atoms with Crippen molar-refractivity contribution in [3.63, 3.8) is 0 Å². The first-order valence-corrected chi connectivity index (χ1v) is 5.55. The highest BCUT2D eigenvalue weighted by atomic mass is 16.7. The topological polar surface area (TPSA) is 24.5 Å². The van der Waals surface area contributed by atoms with Gasteiger partial charge in [-0.25, -0.2) is 0 Å². The number of nitrogens with zero attached hydrogens (tertiary/aromatic N) is 1. The van der Waals surface area contributed by atoms with Crippen LogP contribution in [0.2, 0.25) is 0 Å². The van der Waals surface area contributed by atoms with Gasteiger partial charge in [0.1, 0.15) is 0 Å². The number of anilines is 1. The largest absolute Gasteiger partial charge is 0.378 e. The Hall–Kier alpha value is -1.06. The summed E-state index contributed by atoms with van der Waals surface area (Å²) in [5.41, 5.74) is 5.25. The molecule has 0 spiro atoms. The third kappa shape index (κ3) is 4.64. The molecule has 0 amide bonds. The molecular formula is C13H22N2O. The highest BCUT2D eigenvalue weighted by molar-refractivity contribution is 5.45. The first-order valence-electron chi connectivity index (χ1n) is 5.55. The van der Waals surface area contributed by atoms with Gasteiger partial charge < -0.3 is 4.90 Å². The predicted molar refractivity (Wildman–Crippen MR) is 68.4 cm³/mol. The Morgan fingerprint density at radius 2 is 1.69 bits per heavy atom. The quantitative estimate of drug-likeness (QED) is 0.792. The molecule has 0 atom stereocenters. The van der Waals surface area contributed by atoms with E-state index >= 15 is 0 Å². The molecule has 90 valence electrons. The fourth-order valence-electron chi connectivity index (χ4n) is 1.25. The standard InChI is InChI=1S/C13H22N2O/c1-13(2,3)16-14-10-11-6-8-12(9-7-11)15(4)5/h6-9,14H,10H2,1-5H3. The van der Waals surface area contributed by atoms with Crippen LogP contribution in [0.5, 0.6) is 0 Å². The van der Waals surface area contributed by atoms with Crippen molar-refractivity contribution in [2.24, 2.45) is 0 Å². The molecule has 0 aromatic heterocycles. The molecule has 1 aromatic rings. The van der Waals surface area contributed by atoms with Gasteiger partial charge in [-0.1, -0.05) is 12.1 Å². The summed E-state index contributed by atoms with van der Waals surface area (Å²) < 4.78 is 0. The summed E-state index contributed by atoms with van der Waals surface area (Å²) in [4.78, 5) is 7.54. The van der Waals surface area contributed by atoms with Gasteiger partial charge in [-0.05, 0) is 38.5 Å². The summed E-state index contributed by atoms with van der Waals surface area (Å²) in [5.74, 6) is 0. The molecule has 0 fully saturated rings. The van der Waals surface area contributed by atoms with Crippen LogP contribution < -0.4 is 10.4 Å². The molecule has 0 unspecified atom stereocenters. The number of rotatable bonds is 4. The molecule has 0 heterocycles. The van der Waals surface area contributed by atoms with Crippen LogP contribution in [0.25, 0.3) is 0 Å². The van der Waals surface area contributed by atoms with Crippen molar-refractivity contribution in [1.82, 2.24) is 5.48 Å². The van der Waals surface area contributed by atoms with Crippen LogP contribution in [-0.4, -0.2) is 19.7 Å². The van der Waals surface area contributed by atoms with Crippen molar-refractivity contribution >= 4 is 5.69 Å². The number of nitrogens with one attached hydrogen (secondary N) is 1. The van der Waals surface area contributed by atoms with Crippen LogP contribution in [0.3, 0.4) is 0 Å². The summed E-state index contributed by atoms with van der Waals surface area (Å²) in [6.45, 7) is 6.80. The summed E-state index contributed by atoms with van der Waals surface area (Å²) in [5, 5.41) is 0. The van der Waals surface area contributed by atoms with Crippen molar-refractivity contribution in [1.29, 1.82) is 0 Å². The summed E-state index contributed by atoms with van der Waals surface area (Å²) in [6, 6.07) is 8.42. The Labute approximate surface area is 98.4 Å². The molecule has 16 heavy (non-hydrogen) atoms. The second kappa shape index (κ2) is 5.32. The maximum Gasteiger partial charge on any atom is 0.0813 e. The zero-order valence-corrected chi connectivity index (χ0v) is 10.9. The fourth-order valence-corrected chi connectivity index (χ4v) is 1.25. The smallest absolute Gasteiger partial charge is 0.0813 e. The van der Waals surface area contributed by atoms with Gasteiger partial charge in [0.15, 0.2) is 0 Å². The normalized spacial score (nSPS) is 11.6. The van der Waals surface area contributed by atoms with Crippen LogP contribution in [0.1, 0.15) is 26.3 Å². The van der Waals surface area contributed by atoms with E-state index in [4.69, 9.17) is 4.84 Å². The van der Waals surface area contributed by atoms with Crippen LogP contribution in [-0.2, 0) is 11.4 Å². The maximum absolute atomic E-state index is 5.45. The van der Waals surface area contributed by atoms with Gasteiger partial charge in [-0.2, -0.15) is 5.48 Å². The van der Waals surface area contributed by atoms with Crippen LogP contribution >= 0.6 is 0 Å². The molecule has 1 rings (SSSR count). The van der Waals surface area contributed by atoms with Crippen LogP contribution in [0.4, 0.5) is 5.69 Å². The minimum Gasteiger partial charge on any atom is -0.378 e. The minimum absolute atomic E-state index is 0.149. The van der Waals surface area contributed by atoms with E-state index in [-0.39, 0.29) is 5.60 Å². The van der Waals surface area contributed by atoms with Crippen molar-refractivity contribution in [3.8, 4) is 0 Å².